The molecule has 2 aliphatic carbocycles. The zero-order valence-corrected chi connectivity index (χ0v) is 20.9. The lowest BCUT2D eigenvalue weighted by Gasteiger charge is -2.39. The van der Waals surface area contributed by atoms with Crippen LogP contribution in [0, 0.1) is 0 Å². The number of hydrogen-bond donors (Lipinski definition) is 2. The molecule has 2 aromatic rings. The van der Waals surface area contributed by atoms with Gasteiger partial charge in [-0.2, -0.15) is 0 Å². The summed E-state index contributed by atoms with van der Waals surface area (Å²) in [7, 11) is 0. The summed E-state index contributed by atoms with van der Waals surface area (Å²) in [6, 6.07) is 1.50. The zero-order valence-electron chi connectivity index (χ0n) is 20.1. The van der Waals surface area contributed by atoms with Crippen LogP contribution in [0.4, 0.5) is 14.6 Å². The topological polar surface area (TPSA) is 87.2 Å². The largest absolute Gasteiger partial charge is 0.365 e. The quantitative estimate of drug-likeness (QED) is 0.528. The fraction of sp³-hybridized carbons (Fsp3) is 0.600. The summed E-state index contributed by atoms with van der Waals surface area (Å²) in [6.45, 7) is 4.61. The van der Waals surface area contributed by atoms with E-state index in [1.807, 2.05) is 6.92 Å². The van der Waals surface area contributed by atoms with E-state index in [0.717, 1.165) is 62.7 Å². The van der Waals surface area contributed by atoms with E-state index < -0.39 is 6.43 Å². The first-order valence-electron chi connectivity index (χ1n) is 12.4. The molecule has 2 aromatic heterocycles. The SMILES string of the molecule is CC1CCCN1C(=O)c1nc(C(=O)NC2CCC2)sc1-c1cnc(NC2(C)CCC2)cc1C(F)F. The van der Waals surface area contributed by atoms with Crippen LogP contribution in [0.1, 0.15) is 97.5 Å². The number of pyridine rings is 1. The number of aromatic nitrogens is 2. The Morgan fingerprint density at radius 1 is 1.20 bits per heavy atom. The summed E-state index contributed by atoms with van der Waals surface area (Å²) >= 11 is 0.987. The minimum atomic E-state index is -2.77. The van der Waals surface area contributed by atoms with Crippen molar-refractivity contribution in [2.45, 2.75) is 89.3 Å². The summed E-state index contributed by atoms with van der Waals surface area (Å²) in [5, 5.41) is 6.33. The highest BCUT2D eigenvalue weighted by Crippen LogP contribution is 2.40. The van der Waals surface area contributed by atoms with Crippen LogP contribution in [0.5, 0.6) is 0 Å². The number of alkyl halides is 2. The van der Waals surface area contributed by atoms with Crippen LogP contribution in [0.25, 0.3) is 10.4 Å². The minimum Gasteiger partial charge on any atom is -0.365 e. The lowest BCUT2D eigenvalue weighted by atomic mass is 9.78. The fourth-order valence-corrected chi connectivity index (χ4v) is 5.96. The average Bonchev–Trinajstić information content (AvgIpc) is 3.41. The van der Waals surface area contributed by atoms with Crippen molar-refractivity contribution in [2.24, 2.45) is 0 Å². The van der Waals surface area contributed by atoms with Crippen molar-refractivity contribution in [1.82, 2.24) is 20.2 Å². The molecule has 10 heteroatoms. The Balaban J connectivity index is 1.53. The maximum atomic E-state index is 14.3. The van der Waals surface area contributed by atoms with Crippen LogP contribution in [0.3, 0.4) is 0 Å². The normalized spacial score (nSPS) is 21.5. The van der Waals surface area contributed by atoms with E-state index in [2.05, 4.69) is 27.5 Å². The van der Waals surface area contributed by atoms with E-state index in [-0.39, 0.29) is 56.1 Å². The second-order valence-electron chi connectivity index (χ2n) is 10.3. The molecule has 0 radical (unpaired) electrons. The fourth-order valence-electron chi connectivity index (χ4n) is 4.97. The van der Waals surface area contributed by atoms with Gasteiger partial charge in [0.2, 0.25) is 0 Å². The highest BCUT2D eigenvalue weighted by Gasteiger charge is 2.35. The molecule has 3 fully saturated rings. The number of thiazole rings is 1. The molecule has 0 aromatic carbocycles. The first kappa shape index (κ1) is 24.1. The van der Waals surface area contributed by atoms with Crippen molar-refractivity contribution in [3.8, 4) is 10.4 Å². The Hall–Kier alpha value is -2.62. The maximum absolute atomic E-state index is 14.3. The maximum Gasteiger partial charge on any atom is 0.280 e. The van der Waals surface area contributed by atoms with Crippen molar-refractivity contribution in [3.63, 3.8) is 0 Å². The van der Waals surface area contributed by atoms with Gasteiger partial charge in [0.1, 0.15) is 11.5 Å². The monoisotopic (exact) mass is 503 g/mol. The molecule has 5 rings (SSSR count). The Morgan fingerprint density at radius 2 is 1.97 bits per heavy atom. The molecule has 2 N–H and O–H groups in total. The number of likely N-dealkylation sites (tertiary alicyclic amines) is 1. The number of halogens is 2. The van der Waals surface area contributed by atoms with Gasteiger partial charge in [-0.05, 0) is 71.3 Å². The molecule has 35 heavy (non-hydrogen) atoms. The summed E-state index contributed by atoms with van der Waals surface area (Å²) in [5.41, 5.74) is -0.154. The second kappa shape index (κ2) is 9.44. The molecule has 1 atom stereocenters. The third-order valence-electron chi connectivity index (χ3n) is 7.58. The first-order valence-corrected chi connectivity index (χ1v) is 13.2. The van der Waals surface area contributed by atoms with Crippen molar-refractivity contribution in [1.29, 1.82) is 0 Å². The molecule has 188 valence electrons. The molecule has 2 amide bonds. The second-order valence-corrected chi connectivity index (χ2v) is 11.3. The van der Waals surface area contributed by atoms with Gasteiger partial charge >= 0.3 is 0 Å². The van der Waals surface area contributed by atoms with Crippen molar-refractivity contribution in [3.05, 3.63) is 28.5 Å². The highest BCUT2D eigenvalue weighted by molar-refractivity contribution is 7.17. The van der Waals surface area contributed by atoms with Crippen molar-refractivity contribution in [2.75, 3.05) is 11.9 Å². The molecular weight excluding hydrogens is 472 g/mol. The lowest BCUT2D eigenvalue weighted by molar-refractivity contribution is 0.0743. The number of hydrogen-bond acceptors (Lipinski definition) is 6. The molecule has 3 aliphatic rings. The predicted octanol–water partition coefficient (Wildman–Crippen LogP) is 5.40. The first-order chi connectivity index (χ1) is 16.7. The number of anilines is 1. The number of amides is 2. The van der Waals surface area contributed by atoms with Gasteiger partial charge in [0.25, 0.3) is 18.2 Å². The molecule has 1 saturated heterocycles. The Morgan fingerprint density at radius 3 is 2.54 bits per heavy atom. The molecule has 1 aliphatic heterocycles. The Labute approximate surface area is 207 Å². The van der Waals surface area contributed by atoms with E-state index >= 15 is 0 Å². The van der Waals surface area contributed by atoms with E-state index in [9.17, 15) is 18.4 Å². The summed E-state index contributed by atoms with van der Waals surface area (Å²) in [6.07, 6.45) is 6.27. The third kappa shape index (κ3) is 4.77. The molecule has 7 nitrogen and oxygen atoms in total. The number of carbonyl (C=O) groups excluding carboxylic acids is 2. The van der Waals surface area contributed by atoms with E-state index in [0.29, 0.717) is 12.4 Å². The molecule has 2 saturated carbocycles. The predicted molar refractivity (Wildman–Crippen MR) is 131 cm³/mol. The molecular formula is C25H31F2N5O2S. The minimum absolute atomic E-state index is 0.0341. The molecule has 0 bridgehead atoms. The van der Waals surface area contributed by atoms with Gasteiger partial charge in [-0.1, -0.05) is 0 Å². The van der Waals surface area contributed by atoms with Gasteiger partial charge in [-0.25, -0.2) is 18.7 Å². The zero-order chi connectivity index (χ0) is 24.7. The van der Waals surface area contributed by atoms with Crippen LogP contribution >= 0.6 is 11.3 Å². The lowest BCUT2D eigenvalue weighted by Crippen LogP contribution is -2.41. The van der Waals surface area contributed by atoms with Crippen LogP contribution in [-0.4, -0.2) is 50.8 Å². The smallest absolute Gasteiger partial charge is 0.280 e. The van der Waals surface area contributed by atoms with Crippen molar-refractivity contribution >= 4 is 29.0 Å². The summed E-state index contributed by atoms with van der Waals surface area (Å²) in [5.74, 6) is -0.301. The number of carbonyl (C=O) groups is 2. The van der Waals surface area contributed by atoms with Gasteiger partial charge < -0.3 is 15.5 Å². The summed E-state index contributed by atoms with van der Waals surface area (Å²) < 4.78 is 28.5. The van der Waals surface area contributed by atoms with Crippen LogP contribution < -0.4 is 10.6 Å². The van der Waals surface area contributed by atoms with Gasteiger partial charge in [0.05, 0.1) is 4.88 Å². The molecule has 3 heterocycles. The van der Waals surface area contributed by atoms with Crippen molar-refractivity contribution < 1.29 is 18.4 Å². The van der Waals surface area contributed by atoms with Gasteiger partial charge in [0, 0.05) is 41.5 Å². The number of rotatable bonds is 7. The van der Waals surface area contributed by atoms with E-state index in [1.165, 1.54) is 12.3 Å². The van der Waals surface area contributed by atoms with Crippen LogP contribution in [0.2, 0.25) is 0 Å². The van der Waals surface area contributed by atoms with Gasteiger partial charge in [0.15, 0.2) is 5.01 Å². The Bertz CT molecular complexity index is 1130. The van der Waals surface area contributed by atoms with E-state index in [1.54, 1.807) is 4.90 Å². The van der Waals surface area contributed by atoms with Gasteiger partial charge in [-0.3, -0.25) is 9.59 Å². The van der Waals surface area contributed by atoms with Crippen LogP contribution in [-0.2, 0) is 0 Å². The number of nitrogens with zero attached hydrogens (tertiary/aromatic N) is 3. The summed E-state index contributed by atoms with van der Waals surface area (Å²) in [4.78, 5) is 37.2. The van der Waals surface area contributed by atoms with Gasteiger partial charge in [-0.15, -0.1) is 11.3 Å². The average molecular weight is 504 g/mol. The Kier molecular flexibility index (Phi) is 6.50. The van der Waals surface area contributed by atoms with Crippen LogP contribution in [0.15, 0.2) is 12.3 Å². The third-order valence-corrected chi connectivity index (χ3v) is 8.67. The molecule has 0 spiro atoms. The standard InChI is InChI=1S/C25H31F2N5O2S/c1-14-6-4-11-32(14)24(34)19-20(35-23(30-19)22(33)29-15-7-3-8-15)17-13-28-18(12-16(17)21(26)27)31-25(2)9-5-10-25/h12-15,21H,3-11H2,1-2H3,(H,28,31)(H,29,33). The highest BCUT2D eigenvalue weighted by atomic mass is 32.1. The van der Waals surface area contributed by atoms with E-state index in [4.69, 9.17) is 0 Å². The molecule has 1 unspecified atom stereocenters. The number of nitrogens with one attached hydrogen (secondary N) is 2.